The van der Waals surface area contributed by atoms with Crippen LogP contribution in [-0.4, -0.2) is 34.8 Å². The van der Waals surface area contributed by atoms with Gasteiger partial charge < -0.3 is 14.6 Å². The predicted octanol–water partition coefficient (Wildman–Crippen LogP) is 2.29. The summed E-state index contributed by atoms with van der Waals surface area (Å²) in [5.41, 5.74) is 0.754. The van der Waals surface area contributed by atoms with Crippen LogP contribution in [0.15, 0.2) is 45.9 Å². The zero-order valence-electron chi connectivity index (χ0n) is 16.0. The van der Waals surface area contributed by atoms with Gasteiger partial charge in [0.2, 0.25) is 5.91 Å². The van der Waals surface area contributed by atoms with Crippen LogP contribution in [0.3, 0.4) is 0 Å². The maximum absolute atomic E-state index is 12.5. The first-order valence-electron chi connectivity index (χ1n) is 9.58. The van der Waals surface area contributed by atoms with Gasteiger partial charge in [0.05, 0.1) is 0 Å². The largest absolute Gasteiger partial charge is 0.456 e. The highest BCUT2D eigenvalue weighted by Crippen LogP contribution is 2.23. The van der Waals surface area contributed by atoms with Gasteiger partial charge in [-0.1, -0.05) is 6.07 Å². The van der Waals surface area contributed by atoms with Crippen molar-refractivity contribution in [3.05, 3.63) is 64.0 Å². The Labute approximate surface area is 163 Å². The third-order valence-electron chi connectivity index (χ3n) is 4.99. The average Bonchev–Trinajstić information content (AvgIpc) is 2.70. The zero-order chi connectivity index (χ0) is 19.9. The molecule has 0 aliphatic carbocycles. The second kappa shape index (κ2) is 9.30. The third-order valence-corrected chi connectivity index (χ3v) is 4.99. The molecule has 1 aliphatic heterocycles. The van der Waals surface area contributed by atoms with E-state index in [0.29, 0.717) is 37.7 Å². The Morgan fingerprint density at radius 1 is 1.29 bits per heavy atom. The van der Waals surface area contributed by atoms with E-state index in [9.17, 15) is 14.4 Å². The minimum atomic E-state index is -0.242. The summed E-state index contributed by atoms with van der Waals surface area (Å²) in [6, 6.07) is 6.38. The van der Waals surface area contributed by atoms with Gasteiger partial charge >= 0.3 is 0 Å². The van der Waals surface area contributed by atoms with Crippen LogP contribution in [-0.2, 0) is 11.3 Å². The Morgan fingerprint density at radius 2 is 2.07 bits per heavy atom. The van der Waals surface area contributed by atoms with Gasteiger partial charge in [0.25, 0.3) is 5.91 Å². The van der Waals surface area contributed by atoms with Crippen LogP contribution in [0.2, 0.25) is 0 Å². The van der Waals surface area contributed by atoms with Crippen molar-refractivity contribution in [1.29, 1.82) is 0 Å². The van der Waals surface area contributed by atoms with Gasteiger partial charge in [-0.25, -0.2) is 0 Å². The van der Waals surface area contributed by atoms with Crippen molar-refractivity contribution in [3.63, 3.8) is 0 Å². The first-order valence-corrected chi connectivity index (χ1v) is 9.58. The Hall–Kier alpha value is -2.96. The molecule has 7 nitrogen and oxygen atoms in total. The normalized spacial score (nSPS) is 14.7. The molecule has 148 valence electrons. The number of likely N-dealkylation sites (tertiary alicyclic amines) is 1. The standard InChI is InChI=1S/C21H25N3O4/c1-15-11-18(25)12-19(28-15)21(27)24-9-6-16(7-10-24)4-5-20(26)23-14-17-3-2-8-22-13-17/h2-3,8,11-13,16H,4-7,9-10,14H2,1H3,(H,23,26). The topological polar surface area (TPSA) is 92.5 Å². The number of carbonyl (C=O) groups is 2. The fourth-order valence-electron chi connectivity index (χ4n) is 3.42. The maximum Gasteiger partial charge on any atom is 0.289 e. The number of pyridine rings is 1. The van der Waals surface area contributed by atoms with Crippen LogP contribution in [0, 0.1) is 12.8 Å². The second-order valence-electron chi connectivity index (χ2n) is 7.18. The summed E-state index contributed by atoms with van der Waals surface area (Å²) in [6.45, 7) is 3.36. The Balaban J connectivity index is 1.40. The lowest BCUT2D eigenvalue weighted by Gasteiger charge is -2.31. The molecule has 1 fully saturated rings. The number of hydrogen-bond acceptors (Lipinski definition) is 5. The van der Waals surface area contributed by atoms with Gasteiger partial charge in [0.15, 0.2) is 11.2 Å². The number of rotatable bonds is 6. The molecular weight excluding hydrogens is 358 g/mol. The van der Waals surface area contributed by atoms with E-state index < -0.39 is 0 Å². The van der Waals surface area contributed by atoms with Crippen LogP contribution in [0.5, 0.6) is 0 Å². The van der Waals surface area contributed by atoms with E-state index in [1.165, 1.54) is 12.1 Å². The number of nitrogens with one attached hydrogen (secondary N) is 1. The molecule has 0 bridgehead atoms. The zero-order valence-corrected chi connectivity index (χ0v) is 16.0. The Morgan fingerprint density at radius 3 is 2.75 bits per heavy atom. The summed E-state index contributed by atoms with van der Waals surface area (Å²) in [4.78, 5) is 41.9. The minimum absolute atomic E-state index is 0.0314. The van der Waals surface area contributed by atoms with Gasteiger partial charge in [-0.2, -0.15) is 0 Å². The SMILES string of the molecule is Cc1cc(=O)cc(C(=O)N2CCC(CCC(=O)NCc3cccnc3)CC2)o1. The number of hydrogen-bond donors (Lipinski definition) is 1. The molecule has 0 unspecified atom stereocenters. The summed E-state index contributed by atoms with van der Waals surface area (Å²) < 4.78 is 5.39. The van der Waals surface area contributed by atoms with E-state index in [4.69, 9.17) is 4.42 Å². The smallest absolute Gasteiger partial charge is 0.289 e. The maximum atomic E-state index is 12.5. The molecule has 0 radical (unpaired) electrons. The van der Waals surface area contributed by atoms with Crippen molar-refractivity contribution >= 4 is 11.8 Å². The number of aryl methyl sites for hydroxylation is 1. The van der Waals surface area contributed by atoms with E-state index in [0.717, 1.165) is 24.8 Å². The molecule has 0 saturated carbocycles. The van der Waals surface area contributed by atoms with E-state index in [1.807, 2.05) is 12.1 Å². The molecular formula is C21H25N3O4. The molecule has 0 atom stereocenters. The van der Waals surface area contributed by atoms with Crippen molar-refractivity contribution < 1.29 is 14.0 Å². The van der Waals surface area contributed by atoms with Crippen molar-refractivity contribution in [2.75, 3.05) is 13.1 Å². The van der Waals surface area contributed by atoms with Gasteiger partial charge in [0, 0.05) is 50.6 Å². The molecule has 2 aromatic heterocycles. The van der Waals surface area contributed by atoms with Crippen LogP contribution < -0.4 is 10.7 Å². The fraction of sp³-hybridized carbons (Fsp3) is 0.429. The first-order chi connectivity index (χ1) is 13.5. The van der Waals surface area contributed by atoms with Crippen molar-refractivity contribution in [2.24, 2.45) is 5.92 Å². The van der Waals surface area contributed by atoms with Gasteiger partial charge in [-0.05, 0) is 43.7 Å². The van der Waals surface area contributed by atoms with E-state index in [-0.39, 0.29) is 23.0 Å². The average molecular weight is 383 g/mol. The molecule has 7 heteroatoms. The molecule has 1 N–H and O–H groups in total. The highest BCUT2D eigenvalue weighted by atomic mass is 16.3. The number of aromatic nitrogens is 1. The van der Waals surface area contributed by atoms with Crippen molar-refractivity contribution in [2.45, 2.75) is 39.2 Å². The first kappa shape index (κ1) is 19.8. The molecule has 0 aromatic carbocycles. The number of amides is 2. The summed E-state index contributed by atoms with van der Waals surface area (Å²) in [7, 11) is 0. The molecule has 1 saturated heterocycles. The van der Waals surface area contributed by atoms with Crippen molar-refractivity contribution in [1.82, 2.24) is 15.2 Å². The molecule has 28 heavy (non-hydrogen) atoms. The van der Waals surface area contributed by atoms with Gasteiger partial charge in [-0.3, -0.25) is 19.4 Å². The highest BCUT2D eigenvalue weighted by molar-refractivity contribution is 5.91. The summed E-state index contributed by atoms with van der Waals surface area (Å²) >= 11 is 0. The molecule has 1 aliphatic rings. The summed E-state index contributed by atoms with van der Waals surface area (Å²) in [6.07, 6.45) is 6.42. The number of piperidine rings is 1. The number of carbonyl (C=O) groups excluding carboxylic acids is 2. The van der Waals surface area contributed by atoms with Crippen LogP contribution in [0.1, 0.15) is 47.6 Å². The Kier molecular flexibility index (Phi) is 6.57. The quantitative estimate of drug-likeness (QED) is 0.826. The Bertz CT molecular complexity index is 871. The minimum Gasteiger partial charge on any atom is -0.456 e. The van der Waals surface area contributed by atoms with E-state index in [2.05, 4.69) is 10.3 Å². The second-order valence-corrected chi connectivity index (χ2v) is 7.18. The van der Waals surface area contributed by atoms with Crippen molar-refractivity contribution in [3.8, 4) is 0 Å². The molecule has 0 spiro atoms. The number of nitrogens with zero attached hydrogens (tertiary/aromatic N) is 2. The monoisotopic (exact) mass is 383 g/mol. The summed E-state index contributed by atoms with van der Waals surface area (Å²) in [5, 5.41) is 2.91. The van der Waals surface area contributed by atoms with Gasteiger partial charge in [0.1, 0.15) is 5.76 Å². The molecule has 3 heterocycles. The van der Waals surface area contributed by atoms with Crippen LogP contribution >= 0.6 is 0 Å². The lowest BCUT2D eigenvalue weighted by atomic mass is 9.92. The molecule has 2 aromatic rings. The fourth-order valence-corrected chi connectivity index (χ4v) is 3.42. The predicted molar refractivity (Wildman–Crippen MR) is 104 cm³/mol. The molecule has 2 amide bonds. The van der Waals surface area contributed by atoms with E-state index >= 15 is 0 Å². The summed E-state index contributed by atoms with van der Waals surface area (Å²) in [5.74, 6) is 0.733. The van der Waals surface area contributed by atoms with Crippen LogP contribution in [0.4, 0.5) is 0 Å². The highest BCUT2D eigenvalue weighted by Gasteiger charge is 2.25. The lowest BCUT2D eigenvalue weighted by molar-refractivity contribution is -0.121. The third kappa shape index (κ3) is 5.52. The van der Waals surface area contributed by atoms with Gasteiger partial charge in [-0.15, -0.1) is 0 Å². The lowest BCUT2D eigenvalue weighted by Crippen LogP contribution is -2.39. The van der Waals surface area contributed by atoms with E-state index in [1.54, 1.807) is 24.2 Å². The molecule has 3 rings (SSSR count). The van der Waals surface area contributed by atoms with Crippen LogP contribution in [0.25, 0.3) is 0 Å².